The number of carbonyl (C=O) groups is 1. The smallest absolute Gasteiger partial charge is 0.246 e. The molecule has 0 radical (unpaired) electrons. The van der Waals surface area contributed by atoms with Crippen molar-refractivity contribution in [3.63, 3.8) is 0 Å². The molecule has 1 aliphatic rings. The minimum atomic E-state index is -0.682. The largest absolute Gasteiger partial charge is 0.388 e. The minimum Gasteiger partial charge on any atom is -0.388 e. The Balaban J connectivity index is 2.14. The van der Waals surface area contributed by atoms with Crippen LogP contribution in [0.3, 0.4) is 0 Å². The molecule has 4 heteroatoms. The van der Waals surface area contributed by atoms with E-state index >= 15 is 0 Å². The van der Waals surface area contributed by atoms with Gasteiger partial charge in [-0.25, -0.2) is 0 Å². The summed E-state index contributed by atoms with van der Waals surface area (Å²) in [6, 6.07) is 0. The Morgan fingerprint density at radius 1 is 1.38 bits per heavy atom. The fraction of sp³-hybridized carbons (Fsp3) is 0.917. The number of nitrogens with one attached hydrogen (secondary N) is 1. The summed E-state index contributed by atoms with van der Waals surface area (Å²) >= 11 is 0. The SMILES string of the molecule is CCCOCC(=O)NCC1(O)CCCCC1. The molecule has 1 fully saturated rings. The molecule has 0 aliphatic heterocycles. The first kappa shape index (κ1) is 13.5. The van der Waals surface area contributed by atoms with Crippen molar-refractivity contribution in [3.05, 3.63) is 0 Å². The van der Waals surface area contributed by atoms with Crippen molar-refractivity contribution in [2.75, 3.05) is 19.8 Å². The third kappa shape index (κ3) is 4.94. The average Bonchev–Trinajstić information content (AvgIpc) is 2.28. The van der Waals surface area contributed by atoms with Crippen LogP contribution in [0, 0.1) is 0 Å². The van der Waals surface area contributed by atoms with E-state index < -0.39 is 5.60 Å². The van der Waals surface area contributed by atoms with E-state index in [1.165, 1.54) is 6.42 Å². The number of ether oxygens (including phenoxy) is 1. The molecule has 0 aromatic rings. The molecule has 0 aromatic carbocycles. The molecule has 0 spiro atoms. The van der Waals surface area contributed by atoms with Crippen LogP contribution in [0.5, 0.6) is 0 Å². The molecule has 0 atom stereocenters. The van der Waals surface area contributed by atoms with Gasteiger partial charge in [0.1, 0.15) is 6.61 Å². The molecule has 4 nitrogen and oxygen atoms in total. The van der Waals surface area contributed by atoms with Crippen LogP contribution in [-0.4, -0.2) is 36.4 Å². The predicted octanol–water partition coefficient (Wildman–Crippen LogP) is 1.22. The molecule has 16 heavy (non-hydrogen) atoms. The first-order valence-corrected chi connectivity index (χ1v) is 6.23. The molecule has 1 saturated carbocycles. The molecule has 0 unspecified atom stereocenters. The van der Waals surface area contributed by atoms with E-state index in [0.29, 0.717) is 13.2 Å². The Morgan fingerprint density at radius 3 is 2.69 bits per heavy atom. The number of amides is 1. The Kier molecular flexibility index (Phi) is 5.77. The lowest BCUT2D eigenvalue weighted by atomic mass is 9.85. The van der Waals surface area contributed by atoms with Gasteiger partial charge in [-0.2, -0.15) is 0 Å². The third-order valence-electron chi connectivity index (χ3n) is 2.98. The lowest BCUT2D eigenvalue weighted by Gasteiger charge is -2.32. The zero-order valence-electron chi connectivity index (χ0n) is 10.1. The average molecular weight is 229 g/mol. The van der Waals surface area contributed by atoms with Gasteiger partial charge in [0.15, 0.2) is 0 Å². The summed E-state index contributed by atoms with van der Waals surface area (Å²) in [5.41, 5.74) is -0.682. The van der Waals surface area contributed by atoms with Gasteiger partial charge >= 0.3 is 0 Å². The van der Waals surface area contributed by atoms with E-state index in [9.17, 15) is 9.90 Å². The van der Waals surface area contributed by atoms with Gasteiger partial charge in [0.2, 0.25) is 5.91 Å². The molecular weight excluding hydrogens is 206 g/mol. The lowest BCUT2D eigenvalue weighted by molar-refractivity contribution is -0.127. The molecule has 1 aliphatic carbocycles. The molecule has 0 aromatic heterocycles. The maximum Gasteiger partial charge on any atom is 0.246 e. The van der Waals surface area contributed by atoms with Gasteiger partial charge in [0.25, 0.3) is 0 Å². The fourth-order valence-corrected chi connectivity index (χ4v) is 2.01. The zero-order chi connectivity index (χ0) is 11.9. The number of carbonyl (C=O) groups excluding carboxylic acids is 1. The Hall–Kier alpha value is -0.610. The molecule has 1 rings (SSSR count). The molecule has 0 bridgehead atoms. The number of hydrogen-bond donors (Lipinski definition) is 2. The van der Waals surface area contributed by atoms with E-state index in [0.717, 1.165) is 32.1 Å². The van der Waals surface area contributed by atoms with Gasteiger partial charge in [-0.3, -0.25) is 4.79 Å². The lowest BCUT2D eigenvalue weighted by Crippen LogP contribution is -2.45. The highest BCUT2D eigenvalue weighted by Crippen LogP contribution is 2.27. The molecular formula is C12H23NO3. The van der Waals surface area contributed by atoms with Crippen LogP contribution >= 0.6 is 0 Å². The van der Waals surface area contributed by atoms with Crippen LogP contribution in [0.1, 0.15) is 45.4 Å². The van der Waals surface area contributed by atoms with Crippen LogP contribution < -0.4 is 5.32 Å². The highest BCUT2D eigenvalue weighted by atomic mass is 16.5. The van der Waals surface area contributed by atoms with E-state index in [4.69, 9.17) is 4.74 Å². The van der Waals surface area contributed by atoms with Gasteiger partial charge in [0.05, 0.1) is 5.60 Å². The maximum atomic E-state index is 11.4. The van der Waals surface area contributed by atoms with E-state index in [2.05, 4.69) is 5.32 Å². The van der Waals surface area contributed by atoms with Crippen molar-refractivity contribution in [3.8, 4) is 0 Å². The topological polar surface area (TPSA) is 58.6 Å². The summed E-state index contributed by atoms with van der Waals surface area (Å²) < 4.78 is 5.12. The molecule has 2 N–H and O–H groups in total. The number of hydrogen-bond acceptors (Lipinski definition) is 3. The Labute approximate surface area is 97.4 Å². The van der Waals surface area contributed by atoms with Crippen molar-refractivity contribution < 1.29 is 14.6 Å². The van der Waals surface area contributed by atoms with Crippen LogP contribution in [-0.2, 0) is 9.53 Å². The highest BCUT2D eigenvalue weighted by molar-refractivity contribution is 5.77. The van der Waals surface area contributed by atoms with Crippen molar-refractivity contribution >= 4 is 5.91 Å². The summed E-state index contributed by atoms with van der Waals surface area (Å²) in [4.78, 5) is 11.4. The van der Waals surface area contributed by atoms with Crippen molar-refractivity contribution in [2.24, 2.45) is 0 Å². The van der Waals surface area contributed by atoms with Gasteiger partial charge in [-0.15, -0.1) is 0 Å². The second kappa shape index (κ2) is 6.86. The summed E-state index contributed by atoms with van der Waals surface area (Å²) in [5, 5.41) is 12.9. The highest BCUT2D eigenvalue weighted by Gasteiger charge is 2.29. The normalized spacial score (nSPS) is 19.4. The van der Waals surface area contributed by atoms with Crippen LogP contribution in [0.15, 0.2) is 0 Å². The summed E-state index contributed by atoms with van der Waals surface area (Å²) in [5.74, 6) is -0.132. The zero-order valence-corrected chi connectivity index (χ0v) is 10.1. The monoisotopic (exact) mass is 229 g/mol. The first-order valence-electron chi connectivity index (χ1n) is 6.23. The standard InChI is InChI=1S/C12H23NO3/c1-2-8-16-9-11(14)13-10-12(15)6-4-3-5-7-12/h15H,2-10H2,1H3,(H,13,14). The van der Waals surface area contributed by atoms with Crippen molar-refractivity contribution in [2.45, 2.75) is 51.0 Å². The quantitative estimate of drug-likeness (QED) is 0.673. The number of rotatable bonds is 6. The first-order chi connectivity index (χ1) is 7.66. The molecule has 94 valence electrons. The maximum absolute atomic E-state index is 11.4. The van der Waals surface area contributed by atoms with Gasteiger partial charge in [-0.05, 0) is 19.3 Å². The van der Waals surface area contributed by atoms with Gasteiger partial charge in [-0.1, -0.05) is 26.2 Å². The molecule has 1 amide bonds. The van der Waals surface area contributed by atoms with Gasteiger partial charge in [0, 0.05) is 13.2 Å². The van der Waals surface area contributed by atoms with Crippen LogP contribution in [0.25, 0.3) is 0 Å². The third-order valence-corrected chi connectivity index (χ3v) is 2.98. The molecule has 0 saturated heterocycles. The number of aliphatic hydroxyl groups is 1. The van der Waals surface area contributed by atoms with E-state index in [-0.39, 0.29) is 12.5 Å². The van der Waals surface area contributed by atoms with Crippen molar-refractivity contribution in [1.82, 2.24) is 5.32 Å². The van der Waals surface area contributed by atoms with E-state index in [1.54, 1.807) is 0 Å². The predicted molar refractivity (Wildman–Crippen MR) is 62.2 cm³/mol. The summed E-state index contributed by atoms with van der Waals surface area (Å²) in [6.07, 6.45) is 5.80. The Bertz CT molecular complexity index is 212. The summed E-state index contributed by atoms with van der Waals surface area (Å²) in [7, 11) is 0. The molecule has 0 heterocycles. The van der Waals surface area contributed by atoms with Crippen LogP contribution in [0.4, 0.5) is 0 Å². The summed E-state index contributed by atoms with van der Waals surface area (Å²) in [6.45, 7) is 3.07. The fourth-order valence-electron chi connectivity index (χ4n) is 2.01. The van der Waals surface area contributed by atoms with Crippen LogP contribution in [0.2, 0.25) is 0 Å². The Morgan fingerprint density at radius 2 is 2.06 bits per heavy atom. The second-order valence-electron chi connectivity index (χ2n) is 4.61. The van der Waals surface area contributed by atoms with Gasteiger partial charge < -0.3 is 15.2 Å². The van der Waals surface area contributed by atoms with Crippen molar-refractivity contribution in [1.29, 1.82) is 0 Å². The second-order valence-corrected chi connectivity index (χ2v) is 4.61. The van der Waals surface area contributed by atoms with E-state index in [1.807, 2.05) is 6.92 Å². The minimum absolute atomic E-state index is 0.101.